The van der Waals surface area contributed by atoms with Gasteiger partial charge in [0.2, 0.25) is 0 Å². The van der Waals surface area contributed by atoms with Gasteiger partial charge in [0.15, 0.2) is 0 Å². The fourth-order valence-corrected chi connectivity index (χ4v) is 3.75. The first-order valence-electron chi connectivity index (χ1n) is 7.49. The molecule has 0 spiro atoms. The molecule has 0 saturated carbocycles. The number of fused-ring (bicyclic) bond motifs is 1. The van der Waals surface area contributed by atoms with Crippen LogP contribution in [0.4, 0.5) is 0 Å². The number of rotatable bonds is 3. The van der Waals surface area contributed by atoms with Crippen LogP contribution in [0.25, 0.3) is 0 Å². The highest BCUT2D eigenvalue weighted by molar-refractivity contribution is 5.37. The normalized spacial score (nSPS) is 20.9. The van der Waals surface area contributed by atoms with E-state index >= 15 is 0 Å². The van der Waals surface area contributed by atoms with Crippen LogP contribution in [0.3, 0.4) is 0 Å². The summed E-state index contributed by atoms with van der Waals surface area (Å²) < 4.78 is 0. The molecule has 1 nitrogen and oxygen atoms in total. The Morgan fingerprint density at radius 3 is 2.45 bits per heavy atom. The summed E-state index contributed by atoms with van der Waals surface area (Å²) in [4.78, 5) is 0. The summed E-state index contributed by atoms with van der Waals surface area (Å²) in [6, 6.07) is 16.3. The Balaban J connectivity index is 1.85. The summed E-state index contributed by atoms with van der Waals surface area (Å²) in [5.41, 5.74) is 7.22. The minimum atomic E-state index is 0.493. The lowest BCUT2D eigenvalue weighted by molar-refractivity contribution is 0.410. The van der Waals surface area contributed by atoms with Crippen molar-refractivity contribution in [3.05, 3.63) is 70.3 Å². The molecule has 2 aromatic rings. The van der Waals surface area contributed by atoms with E-state index in [-0.39, 0.29) is 0 Å². The zero-order valence-corrected chi connectivity index (χ0v) is 12.6. The number of aryl methyl sites for hydroxylation is 2. The predicted octanol–water partition coefficient (Wildman–Crippen LogP) is 3.98. The topological polar surface area (TPSA) is 12.0 Å². The van der Waals surface area contributed by atoms with E-state index in [2.05, 4.69) is 68.7 Å². The maximum Gasteiger partial charge on any atom is 0.0355 e. The van der Waals surface area contributed by atoms with Crippen LogP contribution in [0.1, 0.15) is 33.9 Å². The summed E-state index contributed by atoms with van der Waals surface area (Å²) >= 11 is 0. The van der Waals surface area contributed by atoms with E-state index in [9.17, 15) is 0 Å². The van der Waals surface area contributed by atoms with Gasteiger partial charge in [-0.05, 0) is 56.3 Å². The van der Waals surface area contributed by atoms with Gasteiger partial charge in [0.05, 0.1) is 0 Å². The highest BCUT2D eigenvalue weighted by Gasteiger charge is 2.30. The van der Waals surface area contributed by atoms with Crippen molar-refractivity contribution in [2.24, 2.45) is 5.92 Å². The van der Waals surface area contributed by atoms with Crippen LogP contribution >= 0.6 is 0 Å². The molecule has 0 radical (unpaired) electrons. The van der Waals surface area contributed by atoms with Gasteiger partial charge in [-0.25, -0.2) is 0 Å². The van der Waals surface area contributed by atoms with Crippen molar-refractivity contribution >= 4 is 0 Å². The first kappa shape index (κ1) is 13.4. The molecule has 1 aliphatic rings. The summed E-state index contributed by atoms with van der Waals surface area (Å²) in [5, 5.41) is 3.52. The van der Waals surface area contributed by atoms with Crippen molar-refractivity contribution in [1.29, 1.82) is 0 Å². The molecule has 2 unspecified atom stereocenters. The van der Waals surface area contributed by atoms with Crippen LogP contribution in [-0.4, -0.2) is 7.05 Å². The monoisotopic (exact) mass is 265 g/mol. The molecule has 2 aromatic carbocycles. The van der Waals surface area contributed by atoms with Gasteiger partial charge in [-0.3, -0.25) is 0 Å². The summed E-state index contributed by atoms with van der Waals surface area (Å²) in [6.07, 6.45) is 2.34. The van der Waals surface area contributed by atoms with Gasteiger partial charge in [-0.2, -0.15) is 0 Å². The second-order valence-electron chi connectivity index (χ2n) is 6.13. The standard InChI is InChI=1S/C19H23N/c1-13-8-14(2)10-15(9-13)11-17-12-16-6-4-5-7-18(16)19(17)20-3/h4-10,17,19-20H,11-12H2,1-3H3. The lowest BCUT2D eigenvalue weighted by Crippen LogP contribution is -2.23. The summed E-state index contributed by atoms with van der Waals surface area (Å²) in [5.74, 6) is 0.665. The van der Waals surface area contributed by atoms with Gasteiger partial charge in [0, 0.05) is 6.04 Å². The molecular formula is C19H23N. The third kappa shape index (κ3) is 2.51. The van der Waals surface area contributed by atoms with E-state index in [1.54, 1.807) is 0 Å². The van der Waals surface area contributed by atoms with Crippen molar-refractivity contribution in [3.63, 3.8) is 0 Å². The van der Waals surface area contributed by atoms with Crippen molar-refractivity contribution in [1.82, 2.24) is 5.32 Å². The molecule has 0 saturated heterocycles. The second-order valence-corrected chi connectivity index (χ2v) is 6.13. The van der Waals surface area contributed by atoms with Gasteiger partial charge >= 0.3 is 0 Å². The van der Waals surface area contributed by atoms with Crippen molar-refractivity contribution in [2.75, 3.05) is 7.05 Å². The lowest BCUT2D eigenvalue weighted by Gasteiger charge is -2.20. The minimum absolute atomic E-state index is 0.493. The number of hydrogen-bond acceptors (Lipinski definition) is 1. The van der Waals surface area contributed by atoms with Gasteiger partial charge in [-0.15, -0.1) is 0 Å². The fraction of sp³-hybridized carbons (Fsp3) is 0.368. The van der Waals surface area contributed by atoms with Crippen molar-refractivity contribution in [2.45, 2.75) is 32.7 Å². The van der Waals surface area contributed by atoms with Crippen LogP contribution in [-0.2, 0) is 12.8 Å². The van der Waals surface area contributed by atoms with Crippen molar-refractivity contribution in [3.8, 4) is 0 Å². The molecule has 0 aliphatic heterocycles. The molecule has 1 N–H and O–H groups in total. The molecule has 1 heteroatoms. The Kier molecular flexibility index (Phi) is 3.62. The zero-order valence-electron chi connectivity index (χ0n) is 12.6. The molecule has 0 heterocycles. The quantitative estimate of drug-likeness (QED) is 0.885. The Hall–Kier alpha value is -1.60. The summed E-state index contributed by atoms with van der Waals surface area (Å²) in [6.45, 7) is 4.38. The first-order chi connectivity index (χ1) is 9.67. The van der Waals surface area contributed by atoms with E-state index in [1.165, 1.54) is 34.2 Å². The van der Waals surface area contributed by atoms with E-state index in [4.69, 9.17) is 0 Å². The SMILES string of the molecule is CNC1c2ccccc2CC1Cc1cc(C)cc(C)c1. The number of nitrogens with one attached hydrogen (secondary N) is 1. The van der Waals surface area contributed by atoms with Crippen LogP contribution in [0.15, 0.2) is 42.5 Å². The maximum absolute atomic E-state index is 3.52. The molecule has 20 heavy (non-hydrogen) atoms. The van der Waals surface area contributed by atoms with Gasteiger partial charge in [0.25, 0.3) is 0 Å². The van der Waals surface area contributed by atoms with E-state index in [0.717, 1.165) is 6.42 Å². The Labute approximate surface area is 122 Å². The third-order valence-corrected chi connectivity index (χ3v) is 4.43. The van der Waals surface area contributed by atoms with E-state index in [1.807, 2.05) is 0 Å². The molecule has 3 rings (SSSR count). The molecule has 2 atom stereocenters. The predicted molar refractivity (Wildman–Crippen MR) is 85.1 cm³/mol. The van der Waals surface area contributed by atoms with Crippen LogP contribution in [0.5, 0.6) is 0 Å². The molecule has 0 aromatic heterocycles. The van der Waals surface area contributed by atoms with Crippen LogP contribution in [0, 0.1) is 19.8 Å². The van der Waals surface area contributed by atoms with Gasteiger partial charge in [-0.1, -0.05) is 53.6 Å². The lowest BCUT2D eigenvalue weighted by atomic mass is 9.91. The molecule has 0 amide bonds. The van der Waals surface area contributed by atoms with Crippen LogP contribution < -0.4 is 5.32 Å². The average Bonchev–Trinajstić information content (AvgIpc) is 2.74. The Bertz CT molecular complexity index is 595. The minimum Gasteiger partial charge on any atom is -0.313 e. The Morgan fingerprint density at radius 2 is 1.75 bits per heavy atom. The van der Waals surface area contributed by atoms with Gasteiger partial charge < -0.3 is 5.32 Å². The van der Waals surface area contributed by atoms with Gasteiger partial charge in [0.1, 0.15) is 0 Å². The van der Waals surface area contributed by atoms with Crippen molar-refractivity contribution < 1.29 is 0 Å². The maximum atomic E-state index is 3.52. The first-order valence-corrected chi connectivity index (χ1v) is 7.49. The Morgan fingerprint density at radius 1 is 1.05 bits per heavy atom. The second kappa shape index (κ2) is 5.41. The number of benzene rings is 2. The van der Waals surface area contributed by atoms with E-state index < -0.39 is 0 Å². The van der Waals surface area contributed by atoms with E-state index in [0.29, 0.717) is 12.0 Å². The molecular weight excluding hydrogens is 242 g/mol. The smallest absolute Gasteiger partial charge is 0.0355 e. The molecule has 0 bridgehead atoms. The highest BCUT2D eigenvalue weighted by Crippen LogP contribution is 2.37. The van der Waals surface area contributed by atoms with Crippen LogP contribution in [0.2, 0.25) is 0 Å². The number of hydrogen-bond donors (Lipinski definition) is 1. The largest absolute Gasteiger partial charge is 0.313 e. The molecule has 1 aliphatic carbocycles. The summed E-state index contributed by atoms with van der Waals surface area (Å²) in [7, 11) is 2.08. The third-order valence-electron chi connectivity index (χ3n) is 4.43. The molecule has 104 valence electrons. The highest BCUT2D eigenvalue weighted by atomic mass is 14.9. The molecule has 0 fully saturated rings. The average molecular weight is 265 g/mol. The zero-order chi connectivity index (χ0) is 14.1. The fourth-order valence-electron chi connectivity index (χ4n) is 3.75.